The van der Waals surface area contributed by atoms with E-state index in [4.69, 9.17) is 11.5 Å². The number of carboxylic acids is 1. The molecule has 4 atom stereocenters. The monoisotopic (exact) mass is 582 g/mol. The van der Waals surface area contributed by atoms with E-state index in [1.54, 1.807) is 6.20 Å². The first kappa shape index (κ1) is 31.8. The molecule has 14 heteroatoms. The van der Waals surface area contributed by atoms with Gasteiger partial charge in [-0.3, -0.25) is 19.2 Å². The first-order chi connectivity index (χ1) is 19.9. The lowest BCUT2D eigenvalue weighted by molar-refractivity contribution is -0.142. The fraction of sp³-hybridized carbons (Fsp3) is 0.429. The molecule has 3 rings (SSSR count). The number of fused-ring (bicyclic) bond motifs is 1. The smallest absolute Gasteiger partial charge is 0.326 e. The Kier molecular flexibility index (Phi) is 11.2. The fourth-order valence-corrected chi connectivity index (χ4v) is 4.50. The van der Waals surface area contributed by atoms with E-state index < -0.39 is 53.8 Å². The van der Waals surface area contributed by atoms with Crippen LogP contribution in [0.15, 0.2) is 43.0 Å². The van der Waals surface area contributed by atoms with Crippen LogP contribution in [0, 0.1) is 5.92 Å². The van der Waals surface area contributed by atoms with Crippen molar-refractivity contribution in [1.82, 2.24) is 30.9 Å². The maximum absolute atomic E-state index is 13.5. The minimum atomic E-state index is -1.28. The van der Waals surface area contributed by atoms with Crippen molar-refractivity contribution in [1.29, 1.82) is 0 Å². The number of carboxylic acid groups (broad SMARTS) is 1. The number of aliphatic carboxylic acids is 1. The number of carbonyl (C=O) groups excluding carboxylic acids is 4. The minimum absolute atomic E-state index is 0.00499. The lowest BCUT2D eigenvalue weighted by atomic mass is 10.0. The van der Waals surface area contributed by atoms with E-state index in [9.17, 15) is 29.1 Å². The standard InChI is InChI=1S/C28H38N8O6/c1-15(2)9-21(34-25(38)19(29)7-8-24(30)37)26(39)35-22(11-17-13-31-14-33-17)27(40)36-23(28(41)42)10-16-12-32-20-6-4-3-5-18(16)20/h3-6,12-15,19,21-23,32H,7-11,29H2,1-2H3,(H2,30,37)(H,31,33)(H,34,38)(H,35,39)(H,36,40)(H,41,42). The van der Waals surface area contributed by atoms with E-state index >= 15 is 0 Å². The van der Waals surface area contributed by atoms with Crippen LogP contribution in [0.5, 0.6) is 0 Å². The number of carbonyl (C=O) groups is 5. The van der Waals surface area contributed by atoms with Crippen molar-refractivity contribution in [3.63, 3.8) is 0 Å². The average molecular weight is 583 g/mol. The Morgan fingerprint density at radius 1 is 0.929 bits per heavy atom. The number of aromatic nitrogens is 3. The van der Waals surface area contributed by atoms with Crippen LogP contribution in [0.3, 0.4) is 0 Å². The number of nitrogens with zero attached hydrogens (tertiary/aromatic N) is 1. The number of rotatable bonds is 16. The molecule has 4 unspecified atom stereocenters. The zero-order valence-electron chi connectivity index (χ0n) is 23.6. The Morgan fingerprint density at radius 3 is 2.24 bits per heavy atom. The van der Waals surface area contributed by atoms with Crippen LogP contribution < -0.4 is 27.4 Å². The van der Waals surface area contributed by atoms with Crippen LogP contribution in [0.25, 0.3) is 10.9 Å². The highest BCUT2D eigenvalue weighted by atomic mass is 16.4. The van der Waals surface area contributed by atoms with E-state index in [1.807, 2.05) is 38.1 Å². The number of benzene rings is 1. The first-order valence-electron chi connectivity index (χ1n) is 13.6. The molecule has 226 valence electrons. The number of hydrogen-bond donors (Lipinski definition) is 8. The van der Waals surface area contributed by atoms with E-state index in [1.165, 1.54) is 12.5 Å². The van der Waals surface area contributed by atoms with Gasteiger partial charge < -0.3 is 42.5 Å². The number of nitrogens with one attached hydrogen (secondary N) is 5. The molecular weight excluding hydrogens is 544 g/mol. The second-order valence-corrected chi connectivity index (χ2v) is 10.6. The Hall–Kier alpha value is -4.72. The number of nitrogens with two attached hydrogens (primary N) is 2. The second-order valence-electron chi connectivity index (χ2n) is 10.6. The lowest BCUT2D eigenvalue weighted by Gasteiger charge is -2.26. The molecule has 0 spiro atoms. The Labute approximate surface area is 242 Å². The summed E-state index contributed by atoms with van der Waals surface area (Å²) >= 11 is 0. The average Bonchev–Trinajstić information content (AvgIpc) is 3.60. The normalized spacial score (nSPS) is 14.1. The van der Waals surface area contributed by atoms with Gasteiger partial charge in [-0.05, 0) is 30.4 Å². The maximum atomic E-state index is 13.5. The van der Waals surface area contributed by atoms with Crippen molar-refractivity contribution in [3.8, 4) is 0 Å². The van der Waals surface area contributed by atoms with E-state index in [2.05, 4.69) is 30.9 Å². The third-order valence-electron chi connectivity index (χ3n) is 6.70. The van der Waals surface area contributed by atoms with E-state index in [0.717, 1.165) is 10.9 Å². The summed E-state index contributed by atoms with van der Waals surface area (Å²) in [7, 11) is 0. The quantitative estimate of drug-likeness (QED) is 0.113. The number of amides is 4. The van der Waals surface area contributed by atoms with Crippen LogP contribution >= 0.6 is 0 Å². The predicted molar refractivity (Wildman–Crippen MR) is 154 cm³/mol. The largest absolute Gasteiger partial charge is 0.480 e. The molecule has 1 aromatic carbocycles. The summed E-state index contributed by atoms with van der Waals surface area (Å²) in [6.07, 6.45) is 4.74. The molecule has 0 aliphatic carbocycles. The zero-order chi connectivity index (χ0) is 30.8. The summed E-state index contributed by atoms with van der Waals surface area (Å²) < 4.78 is 0. The third-order valence-corrected chi connectivity index (χ3v) is 6.70. The summed E-state index contributed by atoms with van der Waals surface area (Å²) in [5.74, 6) is -3.88. The van der Waals surface area contributed by atoms with Gasteiger partial charge in [0.2, 0.25) is 23.6 Å². The molecular formula is C28H38N8O6. The Morgan fingerprint density at radius 2 is 1.60 bits per heavy atom. The maximum Gasteiger partial charge on any atom is 0.326 e. The summed E-state index contributed by atoms with van der Waals surface area (Å²) in [6.45, 7) is 3.72. The van der Waals surface area contributed by atoms with Gasteiger partial charge in [0.15, 0.2) is 0 Å². The predicted octanol–water partition coefficient (Wildman–Crippen LogP) is -0.146. The SMILES string of the molecule is CC(C)CC(NC(=O)C(N)CCC(N)=O)C(=O)NC(Cc1cnc[nH]1)C(=O)NC(Cc1c[nH]c2ccccc12)C(=O)O. The molecule has 3 aromatic rings. The number of hydrogen-bond acceptors (Lipinski definition) is 7. The van der Waals surface area contributed by atoms with Gasteiger partial charge in [0.1, 0.15) is 18.1 Å². The Bertz CT molecular complexity index is 1390. The van der Waals surface area contributed by atoms with Crippen LogP contribution in [0.1, 0.15) is 44.4 Å². The lowest BCUT2D eigenvalue weighted by Crippen LogP contribution is -2.58. The van der Waals surface area contributed by atoms with Gasteiger partial charge in [-0.1, -0.05) is 32.0 Å². The first-order valence-corrected chi connectivity index (χ1v) is 13.6. The molecule has 0 saturated carbocycles. The minimum Gasteiger partial charge on any atom is -0.480 e. The molecule has 2 aromatic heterocycles. The molecule has 10 N–H and O–H groups in total. The molecule has 0 bridgehead atoms. The molecule has 0 saturated heterocycles. The van der Waals surface area contributed by atoms with Crippen molar-refractivity contribution in [2.75, 3.05) is 0 Å². The highest BCUT2D eigenvalue weighted by Gasteiger charge is 2.31. The highest BCUT2D eigenvalue weighted by Crippen LogP contribution is 2.19. The van der Waals surface area contributed by atoms with Crippen molar-refractivity contribution in [2.24, 2.45) is 17.4 Å². The molecule has 42 heavy (non-hydrogen) atoms. The van der Waals surface area contributed by atoms with E-state index in [0.29, 0.717) is 11.3 Å². The molecule has 4 amide bonds. The zero-order valence-corrected chi connectivity index (χ0v) is 23.6. The van der Waals surface area contributed by atoms with Crippen molar-refractivity contribution in [2.45, 2.75) is 70.1 Å². The van der Waals surface area contributed by atoms with E-state index in [-0.39, 0.29) is 38.0 Å². The molecule has 2 heterocycles. The highest BCUT2D eigenvalue weighted by molar-refractivity contribution is 5.94. The number of para-hydroxylation sites is 1. The van der Waals surface area contributed by atoms with Gasteiger partial charge in [0, 0.05) is 48.3 Å². The molecule has 0 fully saturated rings. The number of imidazole rings is 1. The number of primary amides is 1. The number of aromatic amines is 2. The van der Waals surface area contributed by atoms with Crippen LogP contribution in [0.4, 0.5) is 0 Å². The molecule has 0 radical (unpaired) electrons. The Balaban J connectivity index is 1.77. The van der Waals surface area contributed by atoms with Gasteiger partial charge in [-0.2, -0.15) is 0 Å². The van der Waals surface area contributed by atoms with Crippen molar-refractivity contribution >= 4 is 40.5 Å². The van der Waals surface area contributed by atoms with Crippen molar-refractivity contribution in [3.05, 3.63) is 54.2 Å². The van der Waals surface area contributed by atoms with Crippen molar-refractivity contribution < 1.29 is 29.1 Å². The molecule has 14 nitrogen and oxygen atoms in total. The van der Waals surface area contributed by atoms with Gasteiger partial charge in [0.05, 0.1) is 12.4 Å². The van der Waals surface area contributed by atoms with Crippen LogP contribution in [-0.4, -0.2) is 73.8 Å². The summed E-state index contributed by atoms with van der Waals surface area (Å²) in [5, 5.41) is 18.6. The number of H-pyrrole nitrogens is 2. The summed E-state index contributed by atoms with van der Waals surface area (Å²) in [5.41, 5.74) is 13.1. The topological polar surface area (TPSA) is 238 Å². The van der Waals surface area contributed by atoms with Crippen LogP contribution in [-0.2, 0) is 36.8 Å². The third kappa shape index (κ3) is 9.16. The second kappa shape index (κ2) is 14.8. The summed E-state index contributed by atoms with van der Waals surface area (Å²) in [6, 6.07) is 2.81. The van der Waals surface area contributed by atoms with Crippen LogP contribution in [0.2, 0.25) is 0 Å². The van der Waals surface area contributed by atoms with Gasteiger partial charge in [0.25, 0.3) is 0 Å². The van der Waals surface area contributed by atoms with Gasteiger partial charge in [-0.15, -0.1) is 0 Å². The summed E-state index contributed by atoms with van der Waals surface area (Å²) in [4.78, 5) is 72.6. The van der Waals surface area contributed by atoms with Gasteiger partial charge in [-0.25, -0.2) is 9.78 Å². The fourth-order valence-electron chi connectivity index (χ4n) is 4.50. The molecule has 0 aliphatic heterocycles. The van der Waals surface area contributed by atoms with Gasteiger partial charge >= 0.3 is 5.97 Å². The molecule has 0 aliphatic rings.